The van der Waals surface area contributed by atoms with Crippen LogP contribution in [-0.2, 0) is 6.42 Å². The van der Waals surface area contributed by atoms with Gasteiger partial charge in [0, 0.05) is 6.42 Å². The average molecular weight is 247 g/mol. The fourth-order valence-electron chi connectivity index (χ4n) is 1.58. The smallest absolute Gasteiger partial charge is 0.243 e. The number of rotatable bonds is 5. The molecule has 0 aliphatic heterocycles. The molecule has 4 nitrogen and oxygen atoms in total. The molecule has 0 amide bonds. The van der Waals surface area contributed by atoms with Crippen LogP contribution in [0.2, 0.25) is 0 Å². The van der Waals surface area contributed by atoms with Crippen LogP contribution in [0.5, 0.6) is 0 Å². The van der Waals surface area contributed by atoms with E-state index in [1.54, 1.807) is 24.3 Å². The highest BCUT2D eigenvalue weighted by Gasteiger charge is 2.14. The van der Waals surface area contributed by atoms with E-state index in [2.05, 4.69) is 16.7 Å². The van der Waals surface area contributed by atoms with Crippen LogP contribution >= 0.6 is 0 Å². The summed E-state index contributed by atoms with van der Waals surface area (Å²) in [7, 11) is 0. The second-order valence-corrected chi connectivity index (χ2v) is 3.95. The van der Waals surface area contributed by atoms with Gasteiger partial charge in [-0.15, -0.1) is 6.58 Å². The molecule has 94 valence electrons. The molecule has 2 aromatic rings. The summed E-state index contributed by atoms with van der Waals surface area (Å²) in [5.74, 6) is 0.495. The maximum absolute atomic E-state index is 13.4. The summed E-state index contributed by atoms with van der Waals surface area (Å²) in [5.41, 5.74) is 6.33. The summed E-state index contributed by atoms with van der Waals surface area (Å²) in [5, 5.41) is 3.79. The number of nitrogens with zero attached hydrogens (tertiary/aromatic N) is 2. The highest BCUT2D eigenvalue weighted by molar-refractivity contribution is 5.20. The molecule has 0 radical (unpaired) electrons. The van der Waals surface area contributed by atoms with Crippen molar-refractivity contribution in [2.45, 2.75) is 18.9 Å². The Labute approximate surface area is 104 Å². The van der Waals surface area contributed by atoms with Crippen molar-refractivity contribution in [1.29, 1.82) is 0 Å². The highest BCUT2D eigenvalue weighted by Crippen LogP contribution is 2.15. The van der Waals surface area contributed by atoms with Crippen LogP contribution in [0, 0.1) is 5.82 Å². The lowest BCUT2D eigenvalue weighted by Crippen LogP contribution is -2.09. The molecule has 0 aliphatic carbocycles. The van der Waals surface area contributed by atoms with Gasteiger partial charge >= 0.3 is 0 Å². The van der Waals surface area contributed by atoms with Crippen molar-refractivity contribution in [3.63, 3.8) is 0 Å². The molecule has 0 saturated carbocycles. The van der Waals surface area contributed by atoms with Crippen molar-refractivity contribution in [2.24, 2.45) is 5.73 Å². The molecule has 0 spiro atoms. The van der Waals surface area contributed by atoms with Crippen molar-refractivity contribution in [1.82, 2.24) is 10.1 Å². The van der Waals surface area contributed by atoms with E-state index in [4.69, 9.17) is 10.3 Å². The van der Waals surface area contributed by atoms with Crippen molar-refractivity contribution in [2.75, 3.05) is 0 Å². The van der Waals surface area contributed by atoms with E-state index in [-0.39, 0.29) is 18.3 Å². The van der Waals surface area contributed by atoms with Crippen LogP contribution in [0.3, 0.4) is 0 Å². The highest BCUT2D eigenvalue weighted by atomic mass is 19.1. The maximum Gasteiger partial charge on any atom is 0.243 e. The Morgan fingerprint density at radius 1 is 1.44 bits per heavy atom. The number of hydrogen-bond acceptors (Lipinski definition) is 4. The lowest BCUT2D eigenvalue weighted by atomic mass is 10.1. The lowest BCUT2D eigenvalue weighted by Gasteiger charge is -2.00. The zero-order chi connectivity index (χ0) is 13.0. The van der Waals surface area contributed by atoms with Crippen molar-refractivity contribution < 1.29 is 8.91 Å². The first-order chi connectivity index (χ1) is 8.70. The predicted octanol–water partition coefficient (Wildman–Crippen LogP) is 2.38. The van der Waals surface area contributed by atoms with Gasteiger partial charge in [0.15, 0.2) is 5.82 Å². The fraction of sp³-hybridized carbons (Fsp3) is 0.231. The molecule has 0 fully saturated rings. The summed E-state index contributed by atoms with van der Waals surface area (Å²) in [4.78, 5) is 4.15. The molecule has 0 saturated heterocycles. The van der Waals surface area contributed by atoms with Gasteiger partial charge in [-0.3, -0.25) is 0 Å². The minimum absolute atomic E-state index is 0.278. The summed E-state index contributed by atoms with van der Waals surface area (Å²) in [6.07, 6.45) is 2.53. The number of benzene rings is 1. The van der Waals surface area contributed by atoms with E-state index in [0.29, 0.717) is 23.7 Å². The number of hydrogen-bond donors (Lipinski definition) is 1. The Morgan fingerprint density at radius 3 is 2.94 bits per heavy atom. The van der Waals surface area contributed by atoms with Gasteiger partial charge in [0.1, 0.15) is 5.82 Å². The van der Waals surface area contributed by atoms with Crippen LogP contribution in [0.15, 0.2) is 41.4 Å². The summed E-state index contributed by atoms with van der Waals surface area (Å²) < 4.78 is 18.5. The van der Waals surface area contributed by atoms with Crippen molar-refractivity contribution in [3.05, 3.63) is 60.0 Å². The predicted molar refractivity (Wildman–Crippen MR) is 65.2 cm³/mol. The SMILES string of the molecule is C=CCC(N)c1nc(Cc2ccccc2F)no1. The van der Waals surface area contributed by atoms with Gasteiger partial charge in [-0.25, -0.2) is 4.39 Å². The lowest BCUT2D eigenvalue weighted by molar-refractivity contribution is 0.352. The molecule has 1 aromatic carbocycles. The monoisotopic (exact) mass is 247 g/mol. The molecule has 1 heterocycles. The van der Waals surface area contributed by atoms with E-state index in [0.717, 1.165) is 0 Å². The summed E-state index contributed by atoms with van der Waals surface area (Å²) in [6, 6.07) is 6.14. The van der Waals surface area contributed by atoms with Crippen molar-refractivity contribution >= 4 is 0 Å². The molecule has 18 heavy (non-hydrogen) atoms. The van der Waals surface area contributed by atoms with E-state index in [9.17, 15) is 4.39 Å². The minimum Gasteiger partial charge on any atom is -0.338 e. The maximum atomic E-state index is 13.4. The first kappa shape index (κ1) is 12.4. The minimum atomic E-state index is -0.357. The van der Waals surface area contributed by atoms with Crippen LogP contribution in [-0.4, -0.2) is 10.1 Å². The molecular formula is C13H14FN3O. The van der Waals surface area contributed by atoms with Crippen LogP contribution in [0.25, 0.3) is 0 Å². The first-order valence-electron chi connectivity index (χ1n) is 5.63. The molecule has 5 heteroatoms. The van der Waals surface area contributed by atoms with Crippen LogP contribution in [0.1, 0.15) is 29.7 Å². The van der Waals surface area contributed by atoms with Gasteiger partial charge in [-0.05, 0) is 18.1 Å². The van der Waals surface area contributed by atoms with Crippen molar-refractivity contribution in [3.8, 4) is 0 Å². The van der Waals surface area contributed by atoms with E-state index in [1.165, 1.54) is 6.07 Å². The fourth-order valence-corrected chi connectivity index (χ4v) is 1.58. The average Bonchev–Trinajstić information content (AvgIpc) is 2.81. The Balaban J connectivity index is 2.11. The Kier molecular flexibility index (Phi) is 3.84. The number of nitrogens with two attached hydrogens (primary N) is 1. The standard InChI is InChI=1S/C13H14FN3O/c1-2-5-11(15)13-16-12(17-18-13)8-9-6-3-4-7-10(9)14/h2-4,6-7,11H,1,5,8,15H2. The van der Waals surface area contributed by atoms with Gasteiger partial charge in [-0.1, -0.05) is 29.4 Å². The van der Waals surface area contributed by atoms with Gasteiger partial charge in [-0.2, -0.15) is 4.98 Å². The first-order valence-corrected chi connectivity index (χ1v) is 5.63. The third-order valence-corrected chi connectivity index (χ3v) is 2.53. The molecule has 0 bridgehead atoms. The quantitative estimate of drug-likeness (QED) is 0.824. The molecule has 2 N–H and O–H groups in total. The third-order valence-electron chi connectivity index (χ3n) is 2.53. The summed E-state index contributed by atoms with van der Waals surface area (Å²) >= 11 is 0. The van der Waals surface area contributed by atoms with Crippen LogP contribution in [0.4, 0.5) is 4.39 Å². The second-order valence-electron chi connectivity index (χ2n) is 3.95. The number of aromatic nitrogens is 2. The van der Waals surface area contributed by atoms with Gasteiger partial charge in [0.25, 0.3) is 0 Å². The van der Waals surface area contributed by atoms with E-state index in [1.807, 2.05) is 0 Å². The molecule has 1 atom stereocenters. The van der Waals surface area contributed by atoms with E-state index >= 15 is 0 Å². The zero-order valence-corrected chi connectivity index (χ0v) is 9.84. The molecule has 2 rings (SSSR count). The topological polar surface area (TPSA) is 64.9 Å². The van der Waals surface area contributed by atoms with Crippen LogP contribution < -0.4 is 5.73 Å². The Hall–Kier alpha value is -2.01. The van der Waals surface area contributed by atoms with Gasteiger partial charge in [0.2, 0.25) is 5.89 Å². The number of halogens is 1. The Bertz CT molecular complexity index is 539. The third kappa shape index (κ3) is 2.81. The van der Waals surface area contributed by atoms with E-state index < -0.39 is 0 Å². The molecular weight excluding hydrogens is 233 g/mol. The van der Waals surface area contributed by atoms with Gasteiger partial charge < -0.3 is 10.3 Å². The zero-order valence-electron chi connectivity index (χ0n) is 9.84. The largest absolute Gasteiger partial charge is 0.338 e. The molecule has 1 unspecified atom stereocenters. The summed E-state index contributed by atoms with van der Waals surface area (Å²) in [6.45, 7) is 3.59. The second kappa shape index (κ2) is 5.55. The normalized spacial score (nSPS) is 12.3. The Morgan fingerprint density at radius 2 is 2.22 bits per heavy atom. The molecule has 1 aromatic heterocycles. The molecule has 0 aliphatic rings. The van der Waals surface area contributed by atoms with Gasteiger partial charge in [0.05, 0.1) is 6.04 Å².